The average Bonchev–Trinajstić information content (AvgIpc) is 3.91. The summed E-state index contributed by atoms with van der Waals surface area (Å²) in [6.07, 6.45) is 7.08. The summed E-state index contributed by atoms with van der Waals surface area (Å²) in [6, 6.07) is 7.12. The summed E-state index contributed by atoms with van der Waals surface area (Å²) < 4.78 is 2.32. The normalized spacial score (nSPS) is 21.9. The highest BCUT2D eigenvalue weighted by molar-refractivity contribution is 9.10. The van der Waals surface area contributed by atoms with E-state index < -0.39 is 6.04 Å². The second kappa shape index (κ2) is 11.3. The molecule has 11 nitrogen and oxygen atoms in total. The van der Waals surface area contributed by atoms with E-state index in [1.807, 2.05) is 46.1 Å². The summed E-state index contributed by atoms with van der Waals surface area (Å²) in [4.78, 5) is 58.2. The summed E-state index contributed by atoms with van der Waals surface area (Å²) in [5.41, 5.74) is 4.69. The van der Waals surface area contributed by atoms with Crippen molar-refractivity contribution in [3.05, 3.63) is 63.9 Å². The highest BCUT2D eigenvalue weighted by atomic mass is 79.9. The van der Waals surface area contributed by atoms with Crippen molar-refractivity contribution in [1.29, 1.82) is 0 Å². The topological polar surface area (TPSA) is 126 Å². The fourth-order valence-corrected chi connectivity index (χ4v) is 7.56. The minimum Gasteiger partial charge on any atom is -0.325 e. The van der Waals surface area contributed by atoms with Crippen LogP contribution in [-0.4, -0.2) is 84.9 Å². The Morgan fingerprint density at radius 1 is 1.07 bits per heavy atom. The van der Waals surface area contributed by atoms with Gasteiger partial charge < -0.3 is 15.1 Å². The zero-order chi connectivity index (χ0) is 32.5. The number of Topliss-reactive ketones (excluding diaryl/α,β-unsaturated/α-hetero) is 1. The number of carbonyl (C=O) groups excluding carboxylic acids is 3. The van der Waals surface area contributed by atoms with Gasteiger partial charge in [0.05, 0.1) is 5.52 Å². The molecule has 2 amide bonds. The van der Waals surface area contributed by atoms with Crippen LogP contribution in [0.2, 0.25) is 0 Å². The number of carbonyl (C=O) groups is 3. The number of amides is 2. The molecule has 2 aliphatic carbocycles. The monoisotopic (exact) mass is 684 g/mol. The van der Waals surface area contributed by atoms with E-state index in [4.69, 9.17) is 5.10 Å². The average molecular weight is 686 g/mol. The first kappa shape index (κ1) is 30.6. The molecule has 12 heteroatoms. The van der Waals surface area contributed by atoms with Crippen molar-refractivity contribution in [2.45, 2.75) is 71.0 Å². The van der Waals surface area contributed by atoms with Gasteiger partial charge in [0.2, 0.25) is 11.8 Å². The lowest BCUT2D eigenvalue weighted by Crippen LogP contribution is -2.47. The Morgan fingerprint density at radius 3 is 2.48 bits per heavy atom. The van der Waals surface area contributed by atoms with E-state index in [0.717, 1.165) is 59.0 Å². The van der Waals surface area contributed by atoms with Crippen molar-refractivity contribution in [3.8, 4) is 11.1 Å². The molecule has 3 fully saturated rings. The molecule has 0 radical (unpaired) electrons. The standard InChI is InChI=1S/C34H37BrN8O3/c1-18-6-9-28(35)38-32(18)39-33(46)26-12-34(17-41(4)5)13-27(34)43(26)29(45)16-42-31-24(21-7-8-21)10-22(23-14-36-20(3)37-15-23)11-25(31)30(40-42)19(2)44/h6,9-11,14-15,21,26-27H,7-8,12-13,16-17H2,1-5H3,(H,38,39,46)/t26-,27?,34-/m0/s1. The van der Waals surface area contributed by atoms with Crippen LogP contribution < -0.4 is 5.32 Å². The van der Waals surface area contributed by atoms with Gasteiger partial charge in [-0.15, -0.1) is 0 Å². The number of nitrogens with zero attached hydrogens (tertiary/aromatic N) is 7. The van der Waals surface area contributed by atoms with Gasteiger partial charge in [0.25, 0.3) is 0 Å². The van der Waals surface area contributed by atoms with Crippen LogP contribution >= 0.6 is 15.9 Å². The number of nitrogens with one attached hydrogen (secondary N) is 1. The molecule has 46 heavy (non-hydrogen) atoms. The minimum atomic E-state index is -0.642. The molecule has 3 aromatic heterocycles. The summed E-state index contributed by atoms with van der Waals surface area (Å²) in [6.45, 7) is 5.96. The van der Waals surface area contributed by atoms with E-state index >= 15 is 0 Å². The first-order valence-electron chi connectivity index (χ1n) is 15.7. The number of pyridine rings is 1. The van der Waals surface area contributed by atoms with Crippen molar-refractivity contribution >= 4 is 50.2 Å². The third-order valence-electron chi connectivity index (χ3n) is 9.57. The number of hydrogen-bond acceptors (Lipinski definition) is 8. The molecule has 4 aromatic rings. The van der Waals surface area contributed by atoms with Gasteiger partial charge >= 0.3 is 0 Å². The molecule has 2 saturated carbocycles. The first-order valence-corrected chi connectivity index (χ1v) is 16.5. The lowest BCUT2D eigenvalue weighted by atomic mass is 9.98. The van der Waals surface area contributed by atoms with Crippen LogP contribution in [0.4, 0.5) is 5.82 Å². The van der Waals surface area contributed by atoms with Crippen LogP contribution in [0.1, 0.15) is 66.0 Å². The lowest BCUT2D eigenvalue weighted by molar-refractivity contribution is -0.138. The molecule has 1 saturated heterocycles. The molecule has 0 spiro atoms. The molecule has 0 bridgehead atoms. The van der Waals surface area contributed by atoms with Crippen LogP contribution in [0.5, 0.6) is 0 Å². The maximum atomic E-state index is 14.4. The van der Waals surface area contributed by atoms with Crippen molar-refractivity contribution in [1.82, 2.24) is 34.5 Å². The van der Waals surface area contributed by atoms with Crippen LogP contribution in [0.3, 0.4) is 0 Å². The van der Waals surface area contributed by atoms with E-state index in [9.17, 15) is 14.4 Å². The highest BCUT2D eigenvalue weighted by Gasteiger charge is 2.67. The summed E-state index contributed by atoms with van der Waals surface area (Å²) >= 11 is 3.39. The Balaban J connectivity index is 1.25. The zero-order valence-corrected chi connectivity index (χ0v) is 28.3. The number of piperidine rings is 1. The number of aryl methyl sites for hydroxylation is 2. The molecule has 3 atom stereocenters. The van der Waals surface area contributed by atoms with Gasteiger partial charge in [-0.05, 0) is 110 Å². The molecule has 1 aliphatic heterocycles. The van der Waals surface area contributed by atoms with Crippen LogP contribution in [0.15, 0.2) is 41.3 Å². The van der Waals surface area contributed by atoms with Crippen molar-refractivity contribution in [2.24, 2.45) is 5.41 Å². The Hall–Kier alpha value is -4.03. The second-order valence-corrected chi connectivity index (χ2v) is 14.3. The van der Waals surface area contributed by atoms with Crippen LogP contribution in [-0.2, 0) is 16.1 Å². The number of halogens is 1. The van der Waals surface area contributed by atoms with E-state index in [2.05, 4.69) is 47.2 Å². The van der Waals surface area contributed by atoms with E-state index in [1.165, 1.54) is 6.92 Å². The number of rotatable bonds is 9. The van der Waals surface area contributed by atoms with Crippen LogP contribution in [0, 0.1) is 19.3 Å². The number of fused-ring (bicyclic) bond motifs is 2. The predicted octanol–water partition coefficient (Wildman–Crippen LogP) is 4.91. The Labute approximate surface area is 275 Å². The molecule has 1 unspecified atom stereocenters. The number of aromatic nitrogens is 5. The van der Waals surface area contributed by atoms with Gasteiger partial charge in [0.15, 0.2) is 5.78 Å². The van der Waals surface area contributed by atoms with Gasteiger partial charge in [-0.3, -0.25) is 19.1 Å². The third kappa shape index (κ3) is 5.51. The van der Waals surface area contributed by atoms with Crippen molar-refractivity contribution < 1.29 is 14.4 Å². The molecule has 238 valence electrons. The second-order valence-electron chi connectivity index (χ2n) is 13.4. The van der Waals surface area contributed by atoms with Crippen molar-refractivity contribution in [2.75, 3.05) is 26.0 Å². The number of likely N-dealkylation sites (tertiary alicyclic amines) is 1. The molecule has 3 aliphatic rings. The Morgan fingerprint density at radius 2 is 1.80 bits per heavy atom. The van der Waals surface area contributed by atoms with Gasteiger partial charge in [0.1, 0.15) is 34.5 Å². The summed E-state index contributed by atoms with van der Waals surface area (Å²) in [5, 5.41) is 8.47. The van der Waals surface area contributed by atoms with Gasteiger partial charge in [0, 0.05) is 48.3 Å². The van der Waals surface area contributed by atoms with Gasteiger partial charge in [-0.2, -0.15) is 5.10 Å². The molecule has 1 aromatic carbocycles. The molecular formula is C34H37BrN8O3. The third-order valence-corrected chi connectivity index (χ3v) is 10.0. The number of hydrogen-bond donors (Lipinski definition) is 1. The Bertz CT molecular complexity index is 1900. The first-order chi connectivity index (χ1) is 21.9. The number of anilines is 1. The van der Waals surface area contributed by atoms with Gasteiger partial charge in [-0.1, -0.05) is 6.07 Å². The van der Waals surface area contributed by atoms with Gasteiger partial charge in [-0.25, -0.2) is 15.0 Å². The fraction of sp³-hybridized carbons (Fsp3) is 0.441. The SMILES string of the molecule is CC(=O)c1nn(CC(=O)N2C3C[C@]3(CN(C)C)C[C@H]2C(=O)Nc2nc(Br)ccc2C)c2c(C3CC3)cc(-c3cnc(C)nc3)cc12. The summed E-state index contributed by atoms with van der Waals surface area (Å²) in [7, 11) is 4.04. The fourth-order valence-electron chi connectivity index (χ4n) is 7.25. The van der Waals surface area contributed by atoms with E-state index in [0.29, 0.717) is 34.3 Å². The molecule has 7 rings (SSSR count). The van der Waals surface area contributed by atoms with E-state index in [-0.39, 0.29) is 35.6 Å². The van der Waals surface area contributed by atoms with E-state index in [1.54, 1.807) is 22.0 Å². The largest absolute Gasteiger partial charge is 0.325 e. The lowest BCUT2D eigenvalue weighted by Gasteiger charge is -2.27. The maximum absolute atomic E-state index is 14.4. The zero-order valence-electron chi connectivity index (χ0n) is 26.7. The molecule has 1 N–H and O–H groups in total. The maximum Gasteiger partial charge on any atom is 0.248 e. The smallest absolute Gasteiger partial charge is 0.248 e. The highest BCUT2D eigenvalue weighted by Crippen LogP contribution is 2.60. The Kier molecular flexibility index (Phi) is 7.55. The molecule has 4 heterocycles. The summed E-state index contributed by atoms with van der Waals surface area (Å²) in [5.74, 6) is 0.886. The van der Waals surface area contributed by atoms with Crippen LogP contribution in [0.25, 0.3) is 22.0 Å². The quantitative estimate of drug-likeness (QED) is 0.195. The molecular weight excluding hydrogens is 648 g/mol. The predicted molar refractivity (Wildman–Crippen MR) is 177 cm³/mol. The van der Waals surface area contributed by atoms with Crippen molar-refractivity contribution in [3.63, 3.8) is 0 Å². The number of ketones is 1. The number of benzene rings is 1. The minimum absolute atomic E-state index is 0.0418.